The molecule has 2 nitrogen and oxygen atoms in total. The molecule has 11 heavy (non-hydrogen) atoms. The van der Waals surface area contributed by atoms with E-state index < -0.39 is 0 Å². The van der Waals surface area contributed by atoms with Crippen LogP contribution in [0, 0.1) is 11.3 Å². The van der Waals surface area contributed by atoms with Gasteiger partial charge in [-0.25, -0.2) is 0 Å². The van der Waals surface area contributed by atoms with Gasteiger partial charge in [-0.3, -0.25) is 0 Å². The van der Waals surface area contributed by atoms with E-state index in [2.05, 4.69) is 28.6 Å². The Morgan fingerprint density at radius 2 is 2.18 bits per heavy atom. The number of nitriles is 1. The second kappa shape index (κ2) is 3.16. The summed E-state index contributed by atoms with van der Waals surface area (Å²) in [5, 5.41) is 8.63. The lowest BCUT2D eigenvalue weighted by Gasteiger charge is -2.01. The highest BCUT2D eigenvalue weighted by Crippen LogP contribution is 2.27. The summed E-state index contributed by atoms with van der Waals surface area (Å²) in [5.41, 5.74) is 6.43. The van der Waals surface area contributed by atoms with Gasteiger partial charge in [0, 0.05) is 9.37 Å². The number of nitrogens with zero attached hydrogens (tertiary/aromatic N) is 1. The van der Waals surface area contributed by atoms with Gasteiger partial charge in [-0.05, 0) is 28.1 Å². The van der Waals surface area contributed by atoms with Crippen LogP contribution in [0.5, 0.6) is 0 Å². The third-order valence-corrected chi connectivity index (χ3v) is 2.33. The van der Waals surface area contributed by atoms with Crippen LogP contribution in [0.15, 0.2) is 21.5 Å². The van der Waals surface area contributed by atoms with Crippen molar-refractivity contribution in [1.82, 2.24) is 0 Å². The highest BCUT2D eigenvalue weighted by molar-refractivity contribution is 9.10. The van der Waals surface area contributed by atoms with Gasteiger partial charge in [0.2, 0.25) is 0 Å². The lowest BCUT2D eigenvalue weighted by atomic mass is 10.2. The van der Waals surface area contributed by atoms with Crippen LogP contribution >= 0.6 is 28.6 Å². The van der Waals surface area contributed by atoms with Gasteiger partial charge >= 0.3 is 0 Å². The smallest absolute Gasteiger partial charge is 0.103 e. The summed E-state index contributed by atoms with van der Waals surface area (Å²) in [5.74, 6) is 0. The standard InChI is InChI=1S/C7H5BrN2S/c8-5-1-2-6(11)7(10)4(5)3-9/h1-2,11H,10H2. The quantitative estimate of drug-likeness (QED) is 0.529. The monoisotopic (exact) mass is 228 g/mol. The number of benzene rings is 1. The van der Waals surface area contributed by atoms with Crippen molar-refractivity contribution in [2.24, 2.45) is 0 Å². The van der Waals surface area contributed by atoms with Crippen molar-refractivity contribution in [3.63, 3.8) is 0 Å². The first-order chi connectivity index (χ1) is 5.16. The minimum absolute atomic E-state index is 0.421. The van der Waals surface area contributed by atoms with Crippen LogP contribution < -0.4 is 5.73 Å². The zero-order valence-electron chi connectivity index (χ0n) is 5.50. The molecule has 4 heteroatoms. The summed E-state index contributed by atoms with van der Waals surface area (Å²) in [6.07, 6.45) is 0. The molecule has 0 radical (unpaired) electrons. The van der Waals surface area contributed by atoms with Crippen molar-refractivity contribution in [1.29, 1.82) is 5.26 Å². The molecule has 1 aromatic rings. The normalized spacial score (nSPS) is 9.18. The number of thiol groups is 1. The van der Waals surface area contributed by atoms with Crippen LogP contribution in [-0.4, -0.2) is 0 Å². The molecule has 0 bridgehead atoms. The molecule has 0 fully saturated rings. The molecule has 0 amide bonds. The maximum atomic E-state index is 8.63. The third kappa shape index (κ3) is 1.50. The molecule has 0 spiro atoms. The van der Waals surface area contributed by atoms with Crippen LogP contribution in [0.25, 0.3) is 0 Å². The molecule has 0 unspecified atom stereocenters. The summed E-state index contributed by atoms with van der Waals surface area (Å²) < 4.78 is 0.704. The Morgan fingerprint density at radius 3 is 2.64 bits per heavy atom. The summed E-state index contributed by atoms with van der Waals surface area (Å²) in [6, 6.07) is 5.47. The molecule has 1 rings (SSSR count). The number of anilines is 1. The Balaban J connectivity index is 3.44. The molecular weight excluding hydrogens is 224 g/mol. The molecule has 0 aliphatic carbocycles. The number of hydrogen-bond donors (Lipinski definition) is 2. The van der Waals surface area contributed by atoms with Crippen LogP contribution in [-0.2, 0) is 0 Å². The fourth-order valence-corrected chi connectivity index (χ4v) is 1.32. The Labute approximate surface area is 78.6 Å². The van der Waals surface area contributed by atoms with Crippen molar-refractivity contribution in [2.75, 3.05) is 5.73 Å². The second-order valence-corrected chi connectivity index (χ2v) is 3.30. The lowest BCUT2D eigenvalue weighted by molar-refractivity contribution is 1.39. The Hall–Kier alpha value is -0.660. The van der Waals surface area contributed by atoms with Gasteiger partial charge in [0.15, 0.2) is 0 Å². The van der Waals surface area contributed by atoms with Crippen molar-refractivity contribution in [3.05, 3.63) is 22.2 Å². The van der Waals surface area contributed by atoms with E-state index in [0.717, 1.165) is 0 Å². The predicted molar refractivity (Wildman–Crippen MR) is 50.5 cm³/mol. The van der Waals surface area contributed by atoms with E-state index in [9.17, 15) is 0 Å². The van der Waals surface area contributed by atoms with E-state index in [-0.39, 0.29) is 0 Å². The van der Waals surface area contributed by atoms with Gasteiger partial charge in [0.25, 0.3) is 0 Å². The number of nitrogens with two attached hydrogens (primary N) is 1. The van der Waals surface area contributed by atoms with E-state index >= 15 is 0 Å². The highest BCUT2D eigenvalue weighted by Gasteiger charge is 2.05. The summed E-state index contributed by atoms with van der Waals surface area (Å²) >= 11 is 7.28. The first-order valence-corrected chi connectivity index (χ1v) is 4.08. The molecule has 1 aromatic carbocycles. The summed E-state index contributed by atoms with van der Waals surface area (Å²) in [4.78, 5) is 0.629. The van der Waals surface area contributed by atoms with Gasteiger partial charge in [0.05, 0.1) is 11.3 Å². The highest BCUT2D eigenvalue weighted by atomic mass is 79.9. The predicted octanol–water partition coefficient (Wildman–Crippen LogP) is 2.19. The molecule has 56 valence electrons. The van der Waals surface area contributed by atoms with Gasteiger partial charge in [-0.2, -0.15) is 5.26 Å². The molecular formula is C7H5BrN2S. The molecule has 2 N–H and O–H groups in total. The molecule has 0 saturated carbocycles. The minimum Gasteiger partial charge on any atom is -0.397 e. The number of nitrogen functional groups attached to an aromatic ring is 1. The van der Waals surface area contributed by atoms with E-state index in [1.54, 1.807) is 12.1 Å². The number of rotatable bonds is 0. The maximum Gasteiger partial charge on any atom is 0.103 e. The van der Waals surface area contributed by atoms with Gasteiger partial charge in [0.1, 0.15) is 6.07 Å². The average Bonchev–Trinajstić information content (AvgIpc) is 1.99. The van der Waals surface area contributed by atoms with Crippen molar-refractivity contribution >= 4 is 34.2 Å². The Bertz CT molecular complexity index is 330. The SMILES string of the molecule is N#Cc1c(Br)ccc(S)c1N. The van der Waals surface area contributed by atoms with E-state index in [4.69, 9.17) is 11.0 Å². The lowest BCUT2D eigenvalue weighted by Crippen LogP contribution is -1.92. The van der Waals surface area contributed by atoms with Crippen molar-refractivity contribution < 1.29 is 0 Å². The van der Waals surface area contributed by atoms with Crippen LogP contribution in [0.1, 0.15) is 5.56 Å². The molecule has 0 saturated heterocycles. The zero-order valence-corrected chi connectivity index (χ0v) is 7.98. The van der Waals surface area contributed by atoms with Crippen LogP contribution in [0.3, 0.4) is 0 Å². The first-order valence-electron chi connectivity index (χ1n) is 2.84. The summed E-state index contributed by atoms with van der Waals surface area (Å²) in [6.45, 7) is 0. The molecule has 0 aliphatic rings. The van der Waals surface area contributed by atoms with Crippen molar-refractivity contribution in [3.8, 4) is 6.07 Å². The molecule has 0 aliphatic heterocycles. The van der Waals surface area contributed by atoms with Crippen LogP contribution in [0.4, 0.5) is 5.69 Å². The number of halogens is 1. The Kier molecular flexibility index (Phi) is 2.42. The van der Waals surface area contributed by atoms with E-state index in [1.807, 2.05) is 6.07 Å². The molecule has 0 atom stereocenters. The summed E-state index contributed by atoms with van der Waals surface area (Å²) in [7, 11) is 0. The largest absolute Gasteiger partial charge is 0.397 e. The third-order valence-electron chi connectivity index (χ3n) is 1.28. The first kappa shape index (κ1) is 8.44. The maximum absolute atomic E-state index is 8.63. The molecule has 0 aromatic heterocycles. The topological polar surface area (TPSA) is 49.8 Å². The average molecular weight is 229 g/mol. The zero-order chi connectivity index (χ0) is 8.43. The fourth-order valence-electron chi connectivity index (χ4n) is 0.696. The Morgan fingerprint density at radius 1 is 1.55 bits per heavy atom. The second-order valence-electron chi connectivity index (χ2n) is 1.97. The van der Waals surface area contributed by atoms with Gasteiger partial charge in [-0.1, -0.05) is 0 Å². The van der Waals surface area contributed by atoms with E-state index in [1.165, 1.54) is 0 Å². The van der Waals surface area contributed by atoms with Crippen LogP contribution in [0.2, 0.25) is 0 Å². The van der Waals surface area contributed by atoms with Gasteiger partial charge < -0.3 is 5.73 Å². The number of hydrogen-bond acceptors (Lipinski definition) is 3. The fraction of sp³-hybridized carbons (Fsp3) is 0. The minimum atomic E-state index is 0.421. The van der Waals surface area contributed by atoms with Crippen molar-refractivity contribution in [2.45, 2.75) is 4.90 Å². The molecule has 0 heterocycles. The van der Waals surface area contributed by atoms with Gasteiger partial charge in [-0.15, -0.1) is 12.6 Å². The van der Waals surface area contributed by atoms with E-state index in [0.29, 0.717) is 20.6 Å².